The number of anilines is 1. The monoisotopic (exact) mass is 312 g/mol. The average Bonchev–Trinajstić information content (AvgIpc) is 2.52. The highest BCUT2D eigenvalue weighted by Crippen LogP contribution is 2.32. The second-order valence-corrected chi connectivity index (χ2v) is 4.98. The van der Waals surface area contributed by atoms with Crippen LogP contribution in [0.4, 0.5) is 23.0 Å². The van der Waals surface area contributed by atoms with Gasteiger partial charge in [0, 0.05) is 4.88 Å². The molecule has 0 radical (unpaired) electrons. The molecule has 3 N–H and O–H groups in total. The van der Waals surface area contributed by atoms with Crippen LogP contribution in [0, 0.1) is 13.8 Å². The van der Waals surface area contributed by atoms with E-state index in [1.54, 1.807) is 13.8 Å². The van der Waals surface area contributed by atoms with E-state index < -0.39 is 24.8 Å². The van der Waals surface area contributed by atoms with E-state index in [4.69, 9.17) is 5.11 Å². The van der Waals surface area contributed by atoms with Crippen molar-refractivity contribution in [3.63, 3.8) is 0 Å². The van der Waals surface area contributed by atoms with Gasteiger partial charge in [-0.15, -0.1) is 11.3 Å². The van der Waals surface area contributed by atoms with Gasteiger partial charge in [0.05, 0.1) is 5.56 Å². The molecule has 0 saturated carbocycles. The number of carbonyl (C=O) groups excluding carboxylic acids is 1. The molecule has 0 aliphatic carbocycles. The summed E-state index contributed by atoms with van der Waals surface area (Å²) < 4.78 is 35.4. The van der Waals surface area contributed by atoms with Gasteiger partial charge in [-0.25, -0.2) is 15.1 Å². The molecule has 1 heterocycles. The molecule has 0 unspecified atom stereocenters. The molecule has 112 valence electrons. The highest BCUT2D eigenvalue weighted by atomic mass is 32.1. The van der Waals surface area contributed by atoms with Gasteiger partial charge in [-0.1, -0.05) is 0 Å². The van der Waals surface area contributed by atoms with E-state index >= 15 is 0 Å². The summed E-state index contributed by atoms with van der Waals surface area (Å²) in [6.45, 7) is 1.59. The van der Waals surface area contributed by atoms with E-state index in [0.717, 1.165) is 11.3 Å². The van der Waals surface area contributed by atoms with Gasteiger partial charge in [0.25, 0.3) is 0 Å². The molecule has 6 nitrogen and oxygen atoms in total. The lowest BCUT2D eigenvalue weighted by Gasteiger charge is -2.09. The highest BCUT2D eigenvalue weighted by Gasteiger charge is 2.28. The van der Waals surface area contributed by atoms with E-state index in [2.05, 4.69) is 10.2 Å². The van der Waals surface area contributed by atoms with Gasteiger partial charge in [-0.3, -0.25) is 10.2 Å². The number of amides is 2. The van der Waals surface area contributed by atoms with Gasteiger partial charge < -0.3 is 5.11 Å². The molecule has 0 aliphatic heterocycles. The zero-order valence-corrected chi connectivity index (χ0v) is 11.2. The van der Waals surface area contributed by atoms with Crippen LogP contribution < -0.4 is 10.8 Å². The summed E-state index contributed by atoms with van der Waals surface area (Å²) in [5, 5.41) is 11.2. The summed E-state index contributed by atoms with van der Waals surface area (Å²) in [6, 6.07) is -1.09. The lowest BCUT2D eigenvalue weighted by atomic mass is 10.1. The Balaban J connectivity index is 2.67. The van der Waals surface area contributed by atoms with Crippen molar-refractivity contribution in [2.45, 2.75) is 20.0 Å². The molecule has 0 saturated heterocycles. The van der Waals surface area contributed by atoms with Crippen molar-refractivity contribution in [1.82, 2.24) is 5.48 Å². The first-order valence-corrected chi connectivity index (χ1v) is 6.02. The molecule has 20 heavy (non-hydrogen) atoms. The quantitative estimate of drug-likeness (QED) is 0.746. The van der Waals surface area contributed by atoms with Crippen molar-refractivity contribution in [3.05, 3.63) is 16.0 Å². The zero-order chi connectivity index (χ0) is 15.5. The number of urea groups is 1. The molecule has 1 rings (SSSR count). The first kappa shape index (κ1) is 16.2. The van der Waals surface area contributed by atoms with Crippen molar-refractivity contribution >= 4 is 28.3 Å². The van der Waals surface area contributed by atoms with Gasteiger partial charge in [0.2, 0.25) is 0 Å². The Hall–Kier alpha value is -1.81. The van der Waals surface area contributed by atoms with Crippen LogP contribution in [0.5, 0.6) is 0 Å². The number of halogens is 3. The van der Waals surface area contributed by atoms with Gasteiger partial charge in [0.15, 0.2) is 6.61 Å². The summed E-state index contributed by atoms with van der Waals surface area (Å²) in [4.78, 5) is 26.9. The third-order valence-corrected chi connectivity index (χ3v) is 3.35. The fraction of sp³-hybridized carbons (Fsp3) is 0.400. The van der Waals surface area contributed by atoms with Crippen LogP contribution in [0.3, 0.4) is 0 Å². The minimum absolute atomic E-state index is 0.0283. The maximum Gasteiger partial charge on any atom is 0.414 e. The molecule has 0 atom stereocenters. The standard InChI is InChI=1S/C10H11F3N2O4S/c1-4-5(2)20-7(6(4)8(16)17)14-9(18)15-19-3-10(11,12)13/h3H2,1-2H3,(H,16,17)(H2,14,15,18). The fourth-order valence-electron chi connectivity index (χ4n) is 1.28. The lowest BCUT2D eigenvalue weighted by molar-refractivity contribution is -0.183. The number of thiophene rings is 1. The lowest BCUT2D eigenvalue weighted by Crippen LogP contribution is -2.32. The predicted molar refractivity (Wildman–Crippen MR) is 64.9 cm³/mol. The topological polar surface area (TPSA) is 87.7 Å². The van der Waals surface area contributed by atoms with Crippen LogP contribution in [-0.4, -0.2) is 29.9 Å². The molecule has 0 bridgehead atoms. The van der Waals surface area contributed by atoms with Crippen molar-refractivity contribution in [2.24, 2.45) is 0 Å². The Labute approximate surface area is 115 Å². The van der Waals surface area contributed by atoms with E-state index in [1.165, 1.54) is 5.48 Å². The summed E-state index contributed by atoms with van der Waals surface area (Å²) in [5.74, 6) is -1.24. The summed E-state index contributed by atoms with van der Waals surface area (Å²) >= 11 is 1.01. The van der Waals surface area contributed by atoms with Gasteiger partial charge in [-0.05, 0) is 19.4 Å². The van der Waals surface area contributed by atoms with E-state index in [-0.39, 0.29) is 10.6 Å². The molecule has 0 fully saturated rings. The molecule has 0 aromatic carbocycles. The van der Waals surface area contributed by atoms with E-state index in [0.29, 0.717) is 10.4 Å². The number of aryl methyl sites for hydroxylation is 1. The summed E-state index contributed by atoms with van der Waals surface area (Å²) in [7, 11) is 0. The average molecular weight is 312 g/mol. The molecule has 2 amide bonds. The van der Waals surface area contributed by atoms with Crippen LogP contribution in [0.2, 0.25) is 0 Å². The predicted octanol–water partition coefficient (Wildman–Crippen LogP) is 2.68. The maximum absolute atomic E-state index is 11.8. The number of hydrogen-bond donors (Lipinski definition) is 3. The molecule has 0 spiro atoms. The largest absolute Gasteiger partial charge is 0.478 e. The van der Waals surface area contributed by atoms with Gasteiger partial charge in [0.1, 0.15) is 5.00 Å². The minimum Gasteiger partial charge on any atom is -0.478 e. The van der Waals surface area contributed by atoms with Gasteiger partial charge >= 0.3 is 18.2 Å². The van der Waals surface area contributed by atoms with Crippen LogP contribution in [0.15, 0.2) is 0 Å². The second-order valence-electron chi connectivity index (χ2n) is 3.75. The van der Waals surface area contributed by atoms with Crippen LogP contribution in [0.25, 0.3) is 0 Å². The van der Waals surface area contributed by atoms with E-state index in [9.17, 15) is 22.8 Å². The zero-order valence-electron chi connectivity index (χ0n) is 10.4. The number of nitrogens with one attached hydrogen (secondary N) is 2. The smallest absolute Gasteiger partial charge is 0.414 e. The number of aromatic carboxylic acids is 1. The Morgan fingerprint density at radius 3 is 2.45 bits per heavy atom. The number of hydroxylamine groups is 1. The van der Waals surface area contributed by atoms with Crippen molar-refractivity contribution in [3.8, 4) is 0 Å². The number of alkyl halides is 3. The Morgan fingerprint density at radius 1 is 1.35 bits per heavy atom. The highest BCUT2D eigenvalue weighted by molar-refractivity contribution is 7.16. The van der Waals surface area contributed by atoms with Crippen molar-refractivity contribution in [1.29, 1.82) is 0 Å². The minimum atomic E-state index is -4.57. The van der Waals surface area contributed by atoms with Crippen LogP contribution >= 0.6 is 11.3 Å². The molecule has 1 aromatic heterocycles. The number of rotatable bonds is 4. The molecule has 10 heteroatoms. The molecular formula is C10H11F3N2O4S. The molecule has 0 aliphatic rings. The van der Waals surface area contributed by atoms with E-state index in [1.807, 2.05) is 0 Å². The van der Waals surface area contributed by atoms with Crippen molar-refractivity contribution in [2.75, 3.05) is 11.9 Å². The summed E-state index contributed by atoms with van der Waals surface area (Å²) in [6.07, 6.45) is -4.57. The fourth-order valence-corrected chi connectivity index (χ4v) is 2.33. The second kappa shape index (κ2) is 6.09. The summed E-state index contributed by atoms with van der Waals surface area (Å²) in [5.41, 5.74) is 1.91. The number of carboxylic acids is 1. The SMILES string of the molecule is Cc1sc(NC(=O)NOCC(F)(F)F)c(C(=O)O)c1C. The number of carboxylic acid groups (broad SMARTS) is 1. The third-order valence-electron chi connectivity index (χ3n) is 2.23. The normalized spacial score (nSPS) is 11.2. The number of hydrogen-bond acceptors (Lipinski definition) is 4. The Kier molecular flexibility index (Phi) is 4.95. The Bertz CT molecular complexity index is 527. The Morgan fingerprint density at radius 2 is 1.95 bits per heavy atom. The third kappa shape index (κ3) is 4.38. The molecule has 1 aromatic rings. The maximum atomic E-state index is 11.8. The number of carbonyl (C=O) groups is 2. The molecular weight excluding hydrogens is 301 g/mol. The van der Waals surface area contributed by atoms with Crippen LogP contribution in [0.1, 0.15) is 20.8 Å². The first-order chi connectivity index (χ1) is 9.11. The van der Waals surface area contributed by atoms with Crippen molar-refractivity contribution < 1.29 is 32.7 Å². The first-order valence-electron chi connectivity index (χ1n) is 5.20. The van der Waals surface area contributed by atoms with Gasteiger partial charge in [-0.2, -0.15) is 13.2 Å². The van der Waals surface area contributed by atoms with Crippen LogP contribution in [-0.2, 0) is 4.84 Å².